The molecular formula is C13H24N2O2. The van der Waals surface area contributed by atoms with Gasteiger partial charge in [-0.15, -0.1) is 0 Å². The van der Waals surface area contributed by atoms with Gasteiger partial charge in [0.15, 0.2) is 0 Å². The Bertz CT molecular complexity index is 295. The van der Waals surface area contributed by atoms with Crippen LogP contribution in [-0.4, -0.2) is 42.1 Å². The van der Waals surface area contributed by atoms with Gasteiger partial charge in [-0.2, -0.15) is 0 Å². The van der Waals surface area contributed by atoms with Crippen molar-refractivity contribution in [2.45, 2.75) is 51.1 Å². The first-order chi connectivity index (χ1) is 8.03. The lowest BCUT2D eigenvalue weighted by Crippen LogP contribution is -2.61. The van der Waals surface area contributed by atoms with E-state index in [-0.39, 0.29) is 11.9 Å². The number of hydrogen-bond donors (Lipinski definition) is 1. The second-order valence-corrected chi connectivity index (χ2v) is 5.78. The Kier molecular flexibility index (Phi) is 3.73. The molecule has 1 aliphatic carbocycles. The molecule has 0 bridgehead atoms. The molecule has 2 aliphatic rings. The minimum absolute atomic E-state index is 0.139. The molecular weight excluding hydrogens is 216 g/mol. The van der Waals surface area contributed by atoms with Gasteiger partial charge in [-0.3, -0.25) is 4.79 Å². The number of ether oxygens (including phenoxy) is 1. The molecule has 0 radical (unpaired) electrons. The summed E-state index contributed by atoms with van der Waals surface area (Å²) in [5, 5.41) is 0. The zero-order valence-electron chi connectivity index (χ0n) is 10.9. The van der Waals surface area contributed by atoms with Crippen molar-refractivity contribution in [2.75, 3.05) is 19.8 Å². The predicted molar refractivity (Wildman–Crippen MR) is 66.5 cm³/mol. The van der Waals surface area contributed by atoms with Crippen LogP contribution in [-0.2, 0) is 9.53 Å². The maximum Gasteiger partial charge on any atom is 0.243 e. The summed E-state index contributed by atoms with van der Waals surface area (Å²) in [6.07, 6.45) is 3.93. The lowest BCUT2D eigenvalue weighted by Gasteiger charge is -2.42. The minimum Gasteiger partial charge on any atom is -0.377 e. The van der Waals surface area contributed by atoms with Gasteiger partial charge in [-0.1, -0.05) is 19.8 Å². The summed E-state index contributed by atoms with van der Waals surface area (Å²) in [6, 6.07) is 0.161. The summed E-state index contributed by atoms with van der Waals surface area (Å²) < 4.78 is 5.37. The van der Waals surface area contributed by atoms with Crippen LogP contribution in [0.3, 0.4) is 0 Å². The van der Waals surface area contributed by atoms with E-state index >= 15 is 0 Å². The Morgan fingerprint density at radius 1 is 1.47 bits per heavy atom. The molecule has 0 aromatic rings. The number of carbonyl (C=O) groups is 1. The lowest BCUT2D eigenvalue weighted by molar-refractivity contribution is -0.146. The maximum absolute atomic E-state index is 12.6. The first-order valence-electron chi connectivity index (χ1n) is 6.70. The zero-order valence-corrected chi connectivity index (χ0v) is 10.9. The fraction of sp³-hybridized carbons (Fsp3) is 0.923. The van der Waals surface area contributed by atoms with Crippen molar-refractivity contribution >= 4 is 5.91 Å². The summed E-state index contributed by atoms with van der Waals surface area (Å²) in [7, 11) is 0. The molecule has 3 unspecified atom stereocenters. The highest BCUT2D eigenvalue weighted by Crippen LogP contribution is 2.32. The van der Waals surface area contributed by atoms with Crippen LogP contribution < -0.4 is 5.73 Å². The molecule has 1 saturated heterocycles. The van der Waals surface area contributed by atoms with E-state index in [2.05, 4.69) is 6.92 Å². The first kappa shape index (κ1) is 12.8. The van der Waals surface area contributed by atoms with Crippen molar-refractivity contribution < 1.29 is 9.53 Å². The van der Waals surface area contributed by atoms with Crippen molar-refractivity contribution in [1.29, 1.82) is 0 Å². The Morgan fingerprint density at radius 3 is 2.88 bits per heavy atom. The van der Waals surface area contributed by atoms with Crippen molar-refractivity contribution in [2.24, 2.45) is 11.7 Å². The van der Waals surface area contributed by atoms with Crippen LogP contribution >= 0.6 is 0 Å². The van der Waals surface area contributed by atoms with Gasteiger partial charge in [-0.05, 0) is 25.7 Å². The number of morpholine rings is 1. The van der Waals surface area contributed by atoms with Crippen LogP contribution in [0.15, 0.2) is 0 Å². The molecule has 0 spiro atoms. The van der Waals surface area contributed by atoms with E-state index in [9.17, 15) is 4.79 Å². The summed E-state index contributed by atoms with van der Waals surface area (Å²) >= 11 is 0. The van der Waals surface area contributed by atoms with Crippen LogP contribution in [0.5, 0.6) is 0 Å². The molecule has 1 amide bonds. The van der Waals surface area contributed by atoms with Crippen LogP contribution in [0, 0.1) is 5.92 Å². The van der Waals surface area contributed by atoms with E-state index in [1.165, 1.54) is 6.42 Å². The molecule has 2 N–H and O–H groups in total. The molecule has 1 aliphatic heterocycles. The van der Waals surface area contributed by atoms with Crippen molar-refractivity contribution in [3.05, 3.63) is 0 Å². The highest BCUT2D eigenvalue weighted by atomic mass is 16.5. The number of carbonyl (C=O) groups excluding carboxylic acids is 1. The van der Waals surface area contributed by atoms with E-state index in [1.807, 2.05) is 11.8 Å². The number of amides is 1. The van der Waals surface area contributed by atoms with Gasteiger partial charge in [0.1, 0.15) is 0 Å². The Hall–Kier alpha value is -0.610. The van der Waals surface area contributed by atoms with Crippen LogP contribution in [0.2, 0.25) is 0 Å². The minimum atomic E-state index is -0.622. The van der Waals surface area contributed by atoms with Gasteiger partial charge in [0.05, 0.1) is 24.8 Å². The predicted octanol–water partition coefficient (Wildman–Crippen LogP) is 1.14. The van der Waals surface area contributed by atoms with Crippen LogP contribution in [0.4, 0.5) is 0 Å². The van der Waals surface area contributed by atoms with Gasteiger partial charge in [0, 0.05) is 6.54 Å². The topological polar surface area (TPSA) is 55.6 Å². The number of hydrogen-bond acceptors (Lipinski definition) is 3. The van der Waals surface area contributed by atoms with E-state index in [0.29, 0.717) is 25.7 Å². The molecule has 98 valence electrons. The summed E-state index contributed by atoms with van der Waals surface area (Å²) in [6.45, 7) is 6.19. The number of rotatable bonds is 1. The SMILES string of the molecule is CC1CCCC(N)(C(=O)N2CCOCC2C)C1. The maximum atomic E-state index is 12.6. The summed E-state index contributed by atoms with van der Waals surface area (Å²) in [4.78, 5) is 14.5. The van der Waals surface area contributed by atoms with E-state index < -0.39 is 5.54 Å². The quantitative estimate of drug-likeness (QED) is 0.748. The van der Waals surface area contributed by atoms with E-state index in [0.717, 1.165) is 19.3 Å². The molecule has 3 atom stereocenters. The average Bonchev–Trinajstić information content (AvgIpc) is 2.28. The van der Waals surface area contributed by atoms with Gasteiger partial charge < -0.3 is 15.4 Å². The second kappa shape index (κ2) is 4.94. The van der Waals surface area contributed by atoms with Crippen LogP contribution in [0.1, 0.15) is 39.5 Å². The van der Waals surface area contributed by atoms with Crippen LogP contribution in [0.25, 0.3) is 0 Å². The third-order valence-corrected chi connectivity index (χ3v) is 4.09. The van der Waals surface area contributed by atoms with Gasteiger partial charge in [-0.25, -0.2) is 0 Å². The van der Waals surface area contributed by atoms with Crippen molar-refractivity contribution in [1.82, 2.24) is 4.90 Å². The highest BCUT2D eigenvalue weighted by Gasteiger charge is 2.42. The van der Waals surface area contributed by atoms with E-state index in [4.69, 9.17) is 10.5 Å². The highest BCUT2D eigenvalue weighted by molar-refractivity contribution is 5.86. The fourth-order valence-electron chi connectivity index (χ4n) is 3.10. The Labute approximate surface area is 103 Å². The smallest absolute Gasteiger partial charge is 0.243 e. The normalized spacial score (nSPS) is 39.1. The van der Waals surface area contributed by atoms with Crippen molar-refractivity contribution in [3.63, 3.8) is 0 Å². The second-order valence-electron chi connectivity index (χ2n) is 5.78. The lowest BCUT2D eigenvalue weighted by atomic mass is 9.76. The Morgan fingerprint density at radius 2 is 2.24 bits per heavy atom. The standard InChI is InChI=1S/C13H24N2O2/c1-10-4-3-5-13(14,8-10)12(16)15-6-7-17-9-11(15)2/h10-11H,3-9,14H2,1-2H3. The molecule has 1 heterocycles. The average molecular weight is 240 g/mol. The largest absolute Gasteiger partial charge is 0.377 e. The van der Waals surface area contributed by atoms with Gasteiger partial charge in [0.2, 0.25) is 5.91 Å². The molecule has 1 saturated carbocycles. The molecule has 17 heavy (non-hydrogen) atoms. The van der Waals surface area contributed by atoms with Crippen molar-refractivity contribution in [3.8, 4) is 0 Å². The molecule has 0 aromatic heterocycles. The molecule has 4 nitrogen and oxygen atoms in total. The molecule has 2 fully saturated rings. The van der Waals surface area contributed by atoms with Gasteiger partial charge in [0.25, 0.3) is 0 Å². The number of nitrogens with two attached hydrogens (primary N) is 1. The van der Waals surface area contributed by atoms with E-state index in [1.54, 1.807) is 0 Å². The molecule has 4 heteroatoms. The zero-order chi connectivity index (χ0) is 12.5. The summed E-state index contributed by atoms with van der Waals surface area (Å²) in [5.74, 6) is 0.703. The van der Waals surface area contributed by atoms with Gasteiger partial charge >= 0.3 is 0 Å². The fourth-order valence-corrected chi connectivity index (χ4v) is 3.10. The molecule has 2 rings (SSSR count). The summed E-state index contributed by atoms with van der Waals surface area (Å²) in [5.41, 5.74) is 5.73. The Balaban J connectivity index is 2.06. The first-order valence-corrected chi connectivity index (χ1v) is 6.70. The third-order valence-electron chi connectivity index (χ3n) is 4.09. The third kappa shape index (κ3) is 2.63. The molecule has 0 aromatic carbocycles. The monoisotopic (exact) mass is 240 g/mol. The number of nitrogens with zero attached hydrogens (tertiary/aromatic N) is 1.